The van der Waals surface area contributed by atoms with Crippen molar-refractivity contribution in [2.45, 2.75) is 12.8 Å². The lowest BCUT2D eigenvalue weighted by molar-refractivity contribution is 0.139. The van der Waals surface area contributed by atoms with Gasteiger partial charge in [-0.2, -0.15) is 5.26 Å². The van der Waals surface area contributed by atoms with Crippen LogP contribution in [0.25, 0.3) is 0 Å². The predicted molar refractivity (Wildman–Crippen MR) is 45.0 cm³/mol. The maximum Gasteiger partial charge on any atom is 0.283 e. The van der Waals surface area contributed by atoms with Gasteiger partial charge >= 0.3 is 0 Å². The molecular formula is C9H7F3N2O. The number of aromatic nitrogens is 1. The average Bonchev–Trinajstić information content (AvgIpc) is 2.18. The van der Waals surface area contributed by atoms with Gasteiger partial charge in [0.25, 0.3) is 6.43 Å². The number of halogens is 3. The van der Waals surface area contributed by atoms with Crippen molar-refractivity contribution in [3.63, 3.8) is 0 Å². The van der Waals surface area contributed by atoms with Crippen molar-refractivity contribution in [2.24, 2.45) is 0 Å². The van der Waals surface area contributed by atoms with Crippen molar-refractivity contribution in [3.05, 3.63) is 23.1 Å². The van der Waals surface area contributed by atoms with Gasteiger partial charge in [0.2, 0.25) is 5.88 Å². The number of pyridine rings is 1. The molecule has 0 aliphatic carbocycles. The number of nitrogens with zero attached hydrogens (tertiary/aromatic N) is 2. The minimum atomic E-state index is -3.00. The normalized spacial score (nSPS) is 10.1. The fourth-order valence-electron chi connectivity index (χ4n) is 1.06. The van der Waals surface area contributed by atoms with E-state index in [1.807, 2.05) is 0 Å². The summed E-state index contributed by atoms with van der Waals surface area (Å²) in [6, 6.07) is 2.60. The zero-order chi connectivity index (χ0) is 11.4. The molecule has 80 valence electrons. The molecule has 0 aliphatic rings. The Kier molecular flexibility index (Phi) is 3.50. The summed E-state index contributed by atoms with van der Waals surface area (Å²) in [4.78, 5) is 3.31. The molecule has 0 N–H and O–H groups in total. The third-order valence-electron chi connectivity index (χ3n) is 1.71. The number of nitriles is 1. The second kappa shape index (κ2) is 4.64. The third kappa shape index (κ3) is 2.37. The van der Waals surface area contributed by atoms with E-state index in [4.69, 9.17) is 5.26 Å². The Morgan fingerprint density at radius 2 is 2.27 bits per heavy atom. The van der Waals surface area contributed by atoms with Crippen LogP contribution in [-0.4, -0.2) is 12.1 Å². The Bertz CT molecular complexity index is 401. The maximum atomic E-state index is 13.0. The molecule has 0 spiro atoms. The summed E-state index contributed by atoms with van der Waals surface area (Å²) in [7, 11) is 1.22. The third-order valence-corrected chi connectivity index (χ3v) is 1.71. The molecule has 0 radical (unpaired) electrons. The molecule has 3 nitrogen and oxygen atoms in total. The fourth-order valence-corrected chi connectivity index (χ4v) is 1.06. The van der Waals surface area contributed by atoms with E-state index in [1.54, 1.807) is 6.07 Å². The first kappa shape index (κ1) is 11.3. The fraction of sp³-hybridized carbons (Fsp3) is 0.333. The molecule has 1 rings (SSSR count). The van der Waals surface area contributed by atoms with Crippen LogP contribution in [0.15, 0.2) is 6.07 Å². The molecule has 0 aromatic carbocycles. The standard InChI is InChI=1S/C9H7F3N2O/c1-15-9-5(2-3-13)4-6(10)7(14-9)8(11)12/h4,8H,2H2,1H3. The monoisotopic (exact) mass is 216 g/mol. The Morgan fingerprint density at radius 3 is 2.73 bits per heavy atom. The van der Waals surface area contributed by atoms with E-state index < -0.39 is 17.9 Å². The largest absolute Gasteiger partial charge is 0.481 e. The molecular weight excluding hydrogens is 209 g/mol. The maximum absolute atomic E-state index is 13.0. The van der Waals surface area contributed by atoms with Gasteiger partial charge in [0, 0.05) is 5.56 Å². The molecule has 0 saturated carbocycles. The second-order valence-corrected chi connectivity index (χ2v) is 2.66. The first-order valence-corrected chi connectivity index (χ1v) is 3.98. The molecule has 15 heavy (non-hydrogen) atoms. The second-order valence-electron chi connectivity index (χ2n) is 2.66. The Hall–Kier alpha value is -1.77. The van der Waals surface area contributed by atoms with Crippen molar-refractivity contribution in [1.82, 2.24) is 4.98 Å². The molecule has 1 heterocycles. The number of hydrogen-bond acceptors (Lipinski definition) is 3. The number of ether oxygens (including phenoxy) is 1. The quantitative estimate of drug-likeness (QED) is 0.778. The summed E-state index contributed by atoms with van der Waals surface area (Å²) in [5.41, 5.74) is -0.810. The molecule has 0 saturated heterocycles. The van der Waals surface area contributed by atoms with E-state index in [9.17, 15) is 13.2 Å². The van der Waals surface area contributed by atoms with Gasteiger partial charge in [-0.05, 0) is 6.07 Å². The van der Waals surface area contributed by atoms with Gasteiger partial charge in [0.15, 0.2) is 5.82 Å². The molecule has 0 bridgehead atoms. The molecule has 1 aromatic heterocycles. The van der Waals surface area contributed by atoms with Crippen LogP contribution in [0.3, 0.4) is 0 Å². The molecule has 0 atom stereocenters. The van der Waals surface area contributed by atoms with Crippen LogP contribution >= 0.6 is 0 Å². The van der Waals surface area contributed by atoms with Crippen molar-refractivity contribution >= 4 is 0 Å². The molecule has 0 aliphatic heterocycles. The molecule has 0 unspecified atom stereocenters. The van der Waals surface area contributed by atoms with Crippen LogP contribution in [-0.2, 0) is 6.42 Å². The van der Waals surface area contributed by atoms with E-state index >= 15 is 0 Å². The predicted octanol–water partition coefficient (Wildman–Crippen LogP) is 2.23. The van der Waals surface area contributed by atoms with Crippen LogP contribution in [0.1, 0.15) is 17.7 Å². The van der Waals surface area contributed by atoms with Gasteiger partial charge in [0.1, 0.15) is 5.69 Å². The van der Waals surface area contributed by atoms with Crippen LogP contribution in [0.5, 0.6) is 5.88 Å². The zero-order valence-electron chi connectivity index (χ0n) is 7.80. The number of rotatable bonds is 3. The SMILES string of the molecule is COc1nc(C(F)F)c(F)cc1CC#N. The van der Waals surface area contributed by atoms with E-state index in [2.05, 4.69) is 9.72 Å². The van der Waals surface area contributed by atoms with E-state index in [0.29, 0.717) is 0 Å². The molecule has 0 fully saturated rings. The number of alkyl halides is 2. The highest BCUT2D eigenvalue weighted by Crippen LogP contribution is 2.25. The first-order chi connectivity index (χ1) is 7.10. The summed E-state index contributed by atoms with van der Waals surface area (Å²) in [5.74, 6) is -1.27. The van der Waals surface area contributed by atoms with Crippen LogP contribution in [0, 0.1) is 17.1 Å². The van der Waals surface area contributed by atoms with Crippen LogP contribution < -0.4 is 4.74 Å². The number of methoxy groups -OCH3 is 1. The lowest BCUT2D eigenvalue weighted by atomic mass is 10.2. The summed E-state index contributed by atoms with van der Waals surface area (Å²) in [6.45, 7) is 0. The van der Waals surface area contributed by atoms with E-state index in [1.165, 1.54) is 7.11 Å². The molecule has 1 aromatic rings. The van der Waals surface area contributed by atoms with Crippen molar-refractivity contribution in [3.8, 4) is 11.9 Å². The van der Waals surface area contributed by atoms with Crippen molar-refractivity contribution in [2.75, 3.05) is 7.11 Å². The lowest BCUT2D eigenvalue weighted by Crippen LogP contribution is -2.02. The van der Waals surface area contributed by atoms with Crippen molar-refractivity contribution in [1.29, 1.82) is 5.26 Å². The Labute approximate surface area is 84.1 Å². The molecule has 6 heteroatoms. The minimum Gasteiger partial charge on any atom is -0.481 e. The Balaban J connectivity index is 3.24. The van der Waals surface area contributed by atoms with Crippen LogP contribution in [0.4, 0.5) is 13.2 Å². The van der Waals surface area contributed by atoms with Gasteiger partial charge in [-0.15, -0.1) is 0 Å². The van der Waals surface area contributed by atoms with E-state index in [-0.39, 0.29) is 17.9 Å². The average molecular weight is 216 g/mol. The topological polar surface area (TPSA) is 45.9 Å². The van der Waals surface area contributed by atoms with Gasteiger partial charge in [-0.3, -0.25) is 0 Å². The lowest BCUT2D eigenvalue weighted by Gasteiger charge is -2.07. The highest BCUT2D eigenvalue weighted by molar-refractivity contribution is 5.31. The van der Waals surface area contributed by atoms with Gasteiger partial charge in [-0.25, -0.2) is 18.2 Å². The highest BCUT2D eigenvalue weighted by atomic mass is 19.3. The molecule has 0 amide bonds. The Morgan fingerprint density at radius 1 is 1.60 bits per heavy atom. The summed E-state index contributed by atoms with van der Waals surface area (Å²) >= 11 is 0. The first-order valence-electron chi connectivity index (χ1n) is 3.98. The zero-order valence-corrected chi connectivity index (χ0v) is 7.80. The van der Waals surface area contributed by atoms with Crippen molar-refractivity contribution < 1.29 is 17.9 Å². The van der Waals surface area contributed by atoms with E-state index in [0.717, 1.165) is 6.07 Å². The summed E-state index contributed by atoms with van der Waals surface area (Å²) in [6.07, 6.45) is -3.15. The van der Waals surface area contributed by atoms with Gasteiger partial charge in [0.05, 0.1) is 19.6 Å². The summed E-state index contributed by atoms with van der Waals surface area (Å²) < 4.78 is 42.2. The summed E-state index contributed by atoms with van der Waals surface area (Å²) in [5, 5.41) is 8.41. The van der Waals surface area contributed by atoms with Gasteiger partial charge in [-0.1, -0.05) is 0 Å². The highest BCUT2D eigenvalue weighted by Gasteiger charge is 2.19. The minimum absolute atomic E-state index is 0.142. The number of hydrogen-bond donors (Lipinski definition) is 0. The van der Waals surface area contributed by atoms with Gasteiger partial charge < -0.3 is 4.74 Å². The van der Waals surface area contributed by atoms with Crippen LogP contribution in [0.2, 0.25) is 0 Å². The smallest absolute Gasteiger partial charge is 0.283 e.